The van der Waals surface area contributed by atoms with Crippen LogP contribution in [0.2, 0.25) is 0 Å². The summed E-state index contributed by atoms with van der Waals surface area (Å²) in [7, 11) is 0. The van der Waals surface area contributed by atoms with Crippen LogP contribution in [0.3, 0.4) is 0 Å². The van der Waals surface area contributed by atoms with Gasteiger partial charge in [0.15, 0.2) is 0 Å². The van der Waals surface area contributed by atoms with Crippen molar-refractivity contribution in [3.05, 3.63) is 22.7 Å². The van der Waals surface area contributed by atoms with Crippen LogP contribution in [0, 0.1) is 5.92 Å². The topological polar surface area (TPSA) is 35.2 Å². The summed E-state index contributed by atoms with van der Waals surface area (Å²) in [6, 6.07) is 5.74. The molecule has 94 valence electrons. The Balaban J connectivity index is 2.00. The summed E-state index contributed by atoms with van der Waals surface area (Å²) >= 11 is 3.50. The lowest BCUT2D eigenvalue weighted by Crippen LogP contribution is -2.25. The van der Waals surface area contributed by atoms with Gasteiger partial charge >= 0.3 is 0 Å². The highest BCUT2D eigenvalue weighted by Crippen LogP contribution is 2.33. The third-order valence-corrected chi connectivity index (χ3v) is 4.18. The number of ether oxygens (including phenoxy) is 1. The summed E-state index contributed by atoms with van der Waals surface area (Å²) in [4.78, 5) is 0. The zero-order chi connectivity index (χ0) is 12.3. The Labute approximate surface area is 112 Å². The zero-order valence-electron chi connectivity index (χ0n) is 10.3. The molecule has 0 radical (unpaired) electrons. The van der Waals surface area contributed by atoms with Gasteiger partial charge in [-0.1, -0.05) is 19.8 Å². The lowest BCUT2D eigenvalue weighted by molar-refractivity contribution is 0.121. The van der Waals surface area contributed by atoms with E-state index < -0.39 is 0 Å². The fraction of sp³-hybridized carbons (Fsp3) is 0.571. The quantitative estimate of drug-likeness (QED) is 0.840. The first-order chi connectivity index (χ1) is 8.19. The predicted molar refractivity (Wildman–Crippen MR) is 75.2 cm³/mol. The second-order valence-corrected chi connectivity index (χ2v) is 5.72. The number of nitrogens with two attached hydrogens (primary N) is 1. The molecule has 1 aromatic rings. The van der Waals surface area contributed by atoms with Crippen molar-refractivity contribution >= 4 is 21.6 Å². The standard InChI is InChI=1S/C14H20BrNO/c1-2-10-4-3-5-12(8-10)17-14-7-6-11(16)9-13(14)15/h6-7,9-10,12H,2-5,8,16H2,1H3. The molecular weight excluding hydrogens is 278 g/mol. The molecule has 1 aliphatic carbocycles. The van der Waals surface area contributed by atoms with Gasteiger partial charge in [-0.25, -0.2) is 0 Å². The Morgan fingerprint density at radius 2 is 2.24 bits per heavy atom. The molecule has 2 atom stereocenters. The maximum Gasteiger partial charge on any atom is 0.134 e. The molecule has 0 heterocycles. The highest BCUT2D eigenvalue weighted by Gasteiger charge is 2.22. The molecule has 17 heavy (non-hydrogen) atoms. The van der Waals surface area contributed by atoms with Crippen LogP contribution in [0.4, 0.5) is 5.69 Å². The number of nitrogen functional groups attached to an aromatic ring is 1. The molecule has 1 fully saturated rings. The van der Waals surface area contributed by atoms with E-state index in [2.05, 4.69) is 22.9 Å². The number of anilines is 1. The molecule has 2 rings (SSSR count). The van der Waals surface area contributed by atoms with Gasteiger partial charge in [-0.2, -0.15) is 0 Å². The summed E-state index contributed by atoms with van der Waals surface area (Å²) in [5, 5.41) is 0. The Bertz CT molecular complexity index is 380. The number of benzene rings is 1. The lowest BCUT2D eigenvalue weighted by atomic mass is 9.85. The summed E-state index contributed by atoms with van der Waals surface area (Å²) in [5.41, 5.74) is 6.48. The van der Waals surface area contributed by atoms with Crippen LogP contribution in [0.5, 0.6) is 5.75 Å². The van der Waals surface area contributed by atoms with Crippen molar-refractivity contribution in [2.75, 3.05) is 5.73 Å². The van der Waals surface area contributed by atoms with Crippen LogP contribution >= 0.6 is 15.9 Å². The molecule has 0 saturated heterocycles. The van der Waals surface area contributed by atoms with Crippen molar-refractivity contribution in [3.8, 4) is 5.75 Å². The van der Waals surface area contributed by atoms with Crippen LogP contribution in [0.1, 0.15) is 39.0 Å². The van der Waals surface area contributed by atoms with E-state index in [-0.39, 0.29) is 0 Å². The van der Waals surface area contributed by atoms with Crippen LogP contribution in [0.15, 0.2) is 22.7 Å². The highest BCUT2D eigenvalue weighted by molar-refractivity contribution is 9.10. The van der Waals surface area contributed by atoms with Crippen LogP contribution in [0.25, 0.3) is 0 Å². The molecule has 2 nitrogen and oxygen atoms in total. The Hall–Kier alpha value is -0.700. The fourth-order valence-corrected chi connectivity index (χ4v) is 3.00. The maximum atomic E-state index is 6.07. The molecule has 3 heteroatoms. The smallest absolute Gasteiger partial charge is 0.134 e. The Morgan fingerprint density at radius 1 is 1.41 bits per heavy atom. The van der Waals surface area contributed by atoms with Gasteiger partial charge in [0.2, 0.25) is 0 Å². The van der Waals surface area contributed by atoms with Gasteiger partial charge in [-0.05, 0) is 59.3 Å². The second-order valence-electron chi connectivity index (χ2n) is 4.87. The molecule has 2 unspecified atom stereocenters. The summed E-state index contributed by atoms with van der Waals surface area (Å²) < 4.78 is 7.03. The highest BCUT2D eigenvalue weighted by atomic mass is 79.9. The van der Waals surface area contributed by atoms with E-state index in [9.17, 15) is 0 Å². The summed E-state index contributed by atoms with van der Waals surface area (Å²) in [5.74, 6) is 1.75. The van der Waals surface area contributed by atoms with Crippen molar-refractivity contribution < 1.29 is 4.74 Å². The molecule has 2 N–H and O–H groups in total. The van der Waals surface area contributed by atoms with E-state index in [1.54, 1.807) is 0 Å². The third kappa shape index (κ3) is 3.38. The van der Waals surface area contributed by atoms with E-state index in [0.29, 0.717) is 6.10 Å². The van der Waals surface area contributed by atoms with Crippen molar-refractivity contribution in [1.29, 1.82) is 0 Å². The van der Waals surface area contributed by atoms with Gasteiger partial charge in [-0.15, -0.1) is 0 Å². The number of rotatable bonds is 3. The zero-order valence-corrected chi connectivity index (χ0v) is 11.9. The molecule has 0 spiro atoms. The van der Waals surface area contributed by atoms with Crippen LogP contribution in [-0.4, -0.2) is 6.10 Å². The van der Waals surface area contributed by atoms with Crippen molar-refractivity contribution in [2.45, 2.75) is 45.1 Å². The van der Waals surface area contributed by atoms with Crippen molar-refractivity contribution in [2.24, 2.45) is 5.92 Å². The monoisotopic (exact) mass is 297 g/mol. The molecule has 1 saturated carbocycles. The minimum absolute atomic E-state index is 0.369. The fourth-order valence-electron chi connectivity index (χ4n) is 2.51. The van der Waals surface area contributed by atoms with Crippen LogP contribution in [-0.2, 0) is 0 Å². The molecular formula is C14H20BrNO. The lowest BCUT2D eigenvalue weighted by Gasteiger charge is -2.29. The molecule has 0 aliphatic heterocycles. The Morgan fingerprint density at radius 3 is 2.94 bits per heavy atom. The van der Waals surface area contributed by atoms with Gasteiger partial charge in [0.25, 0.3) is 0 Å². The van der Waals surface area contributed by atoms with E-state index in [4.69, 9.17) is 10.5 Å². The number of hydrogen-bond acceptors (Lipinski definition) is 2. The Kier molecular flexibility index (Phi) is 4.32. The third-order valence-electron chi connectivity index (χ3n) is 3.56. The predicted octanol–water partition coefficient (Wildman–Crippen LogP) is 4.38. The largest absolute Gasteiger partial charge is 0.489 e. The van der Waals surface area contributed by atoms with Gasteiger partial charge < -0.3 is 10.5 Å². The van der Waals surface area contributed by atoms with E-state index >= 15 is 0 Å². The molecule has 1 aromatic carbocycles. The molecule has 0 amide bonds. The second kappa shape index (κ2) is 5.76. The average Bonchev–Trinajstić information content (AvgIpc) is 2.33. The minimum Gasteiger partial charge on any atom is -0.489 e. The summed E-state index contributed by atoms with van der Waals surface area (Å²) in [6.07, 6.45) is 6.65. The normalized spacial score (nSPS) is 24.6. The van der Waals surface area contributed by atoms with E-state index in [1.165, 1.54) is 32.1 Å². The number of hydrogen-bond donors (Lipinski definition) is 1. The molecule has 0 bridgehead atoms. The van der Waals surface area contributed by atoms with E-state index in [1.807, 2.05) is 18.2 Å². The van der Waals surface area contributed by atoms with Gasteiger partial charge in [0, 0.05) is 5.69 Å². The van der Waals surface area contributed by atoms with Gasteiger partial charge in [0.05, 0.1) is 10.6 Å². The maximum absolute atomic E-state index is 6.07. The van der Waals surface area contributed by atoms with Crippen molar-refractivity contribution in [1.82, 2.24) is 0 Å². The average molecular weight is 298 g/mol. The van der Waals surface area contributed by atoms with Crippen LogP contribution < -0.4 is 10.5 Å². The SMILES string of the molecule is CCC1CCCC(Oc2ccc(N)cc2Br)C1. The van der Waals surface area contributed by atoms with Gasteiger partial charge in [0.1, 0.15) is 5.75 Å². The van der Waals surface area contributed by atoms with Gasteiger partial charge in [-0.3, -0.25) is 0 Å². The summed E-state index contributed by atoms with van der Waals surface area (Å²) in [6.45, 7) is 2.27. The molecule has 1 aliphatic rings. The number of halogens is 1. The van der Waals surface area contributed by atoms with E-state index in [0.717, 1.165) is 21.8 Å². The first kappa shape index (κ1) is 12.7. The van der Waals surface area contributed by atoms with Crippen molar-refractivity contribution in [3.63, 3.8) is 0 Å². The molecule has 0 aromatic heterocycles. The first-order valence-electron chi connectivity index (χ1n) is 6.40. The minimum atomic E-state index is 0.369. The first-order valence-corrected chi connectivity index (χ1v) is 7.20.